The SMILES string of the molecule is CC(C)CN(CC(N)=O)CC(=O)Nc1ccc(N)cc1Cl. The van der Waals surface area contributed by atoms with Crippen LogP contribution >= 0.6 is 11.6 Å². The average molecular weight is 313 g/mol. The van der Waals surface area contributed by atoms with Crippen LogP contribution in [0.1, 0.15) is 13.8 Å². The van der Waals surface area contributed by atoms with Gasteiger partial charge >= 0.3 is 0 Å². The number of nitrogens with two attached hydrogens (primary N) is 2. The molecule has 1 rings (SSSR count). The largest absolute Gasteiger partial charge is 0.399 e. The van der Waals surface area contributed by atoms with Crippen LogP contribution in [0.15, 0.2) is 18.2 Å². The van der Waals surface area contributed by atoms with E-state index in [0.717, 1.165) is 0 Å². The van der Waals surface area contributed by atoms with Gasteiger partial charge in [0.05, 0.1) is 23.8 Å². The number of nitrogens with zero attached hydrogens (tertiary/aromatic N) is 1. The number of amides is 2. The van der Waals surface area contributed by atoms with Gasteiger partial charge in [0.25, 0.3) is 0 Å². The molecule has 5 N–H and O–H groups in total. The summed E-state index contributed by atoms with van der Waals surface area (Å²) in [4.78, 5) is 24.8. The predicted octanol–water partition coefficient (Wildman–Crippen LogP) is 1.30. The zero-order valence-electron chi connectivity index (χ0n) is 12.2. The van der Waals surface area contributed by atoms with Gasteiger partial charge in [0, 0.05) is 12.2 Å². The second-order valence-electron chi connectivity index (χ2n) is 5.32. The first-order valence-electron chi connectivity index (χ1n) is 6.63. The second-order valence-corrected chi connectivity index (χ2v) is 5.72. The minimum Gasteiger partial charge on any atom is -0.399 e. The first-order chi connectivity index (χ1) is 9.77. The number of rotatable bonds is 7. The van der Waals surface area contributed by atoms with Gasteiger partial charge in [-0.05, 0) is 24.1 Å². The number of anilines is 2. The summed E-state index contributed by atoms with van der Waals surface area (Å²) >= 11 is 6.00. The van der Waals surface area contributed by atoms with E-state index in [1.807, 2.05) is 13.8 Å². The lowest BCUT2D eigenvalue weighted by atomic mass is 10.2. The zero-order valence-corrected chi connectivity index (χ0v) is 13.0. The Balaban J connectivity index is 2.66. The summed E-state index contributed by atoms with van der Waals surface area (Å²) in [6.07, 6.45) is 0. The van der Waals surface area contributed by atoms with Gasteiger partial charge < -0.3 is 16.8 Å². The molecule has 1 aromatic rings. The second kappa shape index (κ2) is 7.85. The van der Waals surface area contributed by atoms with Gasteiger partial charge in [-0.25, -0.2) is 0 Å². The van der Waals surface area contributed by atoms with Crippen molar-refractivity contribution < 1.29 is 9.59 Å². The van der Waals surface area contributed by atoms with Gasteiger partial charge in [-0.2, -0.15) is 0 Å². The highest BCUT2D eigenvalue weighted by atomic mass is 35.5. The maximum absolute atomic E-state index is 12.0. The Kier molecular flexibility index (Phi) is 6.45. The van der Waals surface area contributed by atoms with E-state index in [-0.39, 0.29) is 19.0 Å². The number of halogens is 1. The summed E-state index contributed by atoms with van der Waals surface area (Å²) < 4.78 is 0. The lowest BCUT2D eigenvalue weighted by Gasteiger charge is -2.22. The highest BCUT2D eigenvalue weighted by molar-refractivity contribution is 6.34. The van der Waals surface area contributed by atoms with E-state index in [1.54, 1.807) is 23.1 Å². The summed E-state index contributed by atoms with van der Waals surface area (Å²) in [7, 11) is 0. The third kappa shape index (κ3) is 6.46. The maximum Gasteiger partial charge on any atom is 0.238 e. The van der Waals surface area contributed by atoms with Crippen LogP contribution in [-0.2, 0) is 9.59 Å². The number of carbonyl (C=O) groups is 2. The van der Waals surface area contributed by atoms with E-state index < -0.39 is 5.91 Å². The van der Waals surface area contributed by atoms with E-state index >= 15 is 0 Å². The average Bonchev–Trinajstić information content (AvgIpc) is 2.30. The first-order valence-corrected chi connectivity index (χ1v) is 7.01. The van der Waals surface area contributed by atoms with E-state index in [0.29, 0.717) is 28.9 Å². The molecule has 0 aliphatic rings. The molecule has 0 spiro atoms. The molecule has 7 heteroatoms. The number of nitrogens with one attached hydrogen (secondary N) is 1. The molecule has 0 fully saturated rings. The topological polar surface area (TPSA) is 101 Å². The van der Waals surface area contributed by atoms with Crippen LogP contribution in [0.2, 0.25) is 5.02 Å². The van der Waals surface area contributed by atoms with Gasteiger partial charge in [0.1, 0.15) is 0 Å². The molecule has 0 unspecified atom stereocenters. The maximum atomic E-state index is 12.0. The van der Waals surface area contributed by atoms with E-state index in [1.165, 1.54) is 0 Å². The fourth-order valence-electron chi connectivity index (χ4n) is 1.95. The standard InChI is InChI=1S/C14H21ClN4O2/c1-9(2)6-19(7-13(17)20)8-14(21)18-12-4-3-10(16)5-11(12)15/h3-5,9H,6-8,16H2,1-2H3,(H2,17,20)(H,18,21). The molecule has 0 radical (unpaired) electrons. The van der Waals surface area contributed by atoms with Crippen LogP contribution in [0.25, 0.3) is 0 Å². The molecule has 6 nitrogen and oxygen atoms in total. The van der Waals surface area contributed by atoms with Crippen LogP contribution in [0.4, 0.5) is 11.4 Å². The Bertz CT molecular complexity index is 520. The van der Waals surface area contributed by atoms with Crippen LogP contribution in [0.5, 0.6) is 0 Å². The van der Waals surface area contributed by atoms with Crippen molar-refractivity contribution in [2.45, 2.75) is 13.8 Å². The molecule has 0 aliphatic carbocycles. The normalized spacial score (nSPS) is 10.9. The molecule has 1 aromatic carbocycles. The molecule has 2 amide bonds. The van der Waals surface area contributed by atoms with Crippen molar-refractivity contribution in [1.29, 1.82) is 0 Å². The molecular weight excluding hydrogens is 292 g/mol. The Morgan fingerprint density at radius 1 is 1.33 bits per heavy atom. The smallest absolute Gasteiger partial charge is 0.238 e. The lowest BCUT2D eigenvalue weighted by molar-refractivity contribution is -0.121. The number of primary amides is 1. The predicted molar refractivity (Wildman–Crippen MR) is 85.0 cm³/mol. The van der Waals surface area contributed by atoms with Crippen molar-refractivity contribution >= 4 is 34.8 Å². The molecule has 0 aromatic heterocycles. The quantitative estimate of drug-likeness (QED) is 0.660. The molecule has 0 saturated carbocycles. The van der Waals surface area contributed by atoms with Crippen molar-refractivity contribution in [1.82, 2.24) is 4.90 Å². The molecule has 0 aliphatic heterocycles. The Hall–Kier alpha value is -1.79. The van der Waals surface area contributed by atoms with Gasteiger partial charge in [0.2, 0.25) is 11.8 Å². The fraction of sp³-hybridized carbons (Fsp3) is 0.429. The third-order valence-corrected chi connectivity index (χ3v) is 2.95. The van der Waals surface area contributed by atoms with Gasteiger partial charge in [-0.3, -0.25) is 14.5 Å². The van der Waals surface area contributed by atoms with E-state index in [9.17, 15) is 9.59 Å². The van der Waals surface area contributed by atoms with Gasteiger partial charge in [0.15, 0.2) is 0 Å². The number of carbonyl (C=O) groups excluding carboxylic acids is 2. The summed E-state index contributed by atoms with van der Waals surface area (Å²) in [6, 6.07) is 4.85. The van der Waals surface area contributed by atoms with Crippen molar-refractivity contribution in [2.24, 2.45) is 11.7 Å². The van der Waals surface area contributed by atoms with Crippen LogP contribution in [0, 0.1) is 5.92 Å². The van der Waals surface area contributed by atoms with Crippen LogP contribution in [-0.4, -0.2) is 36.3 Å². The lowest BCUT2D eigenvalue weighted by Crippen LogP contribution is -2.41. The molecule has 0 bridgehead atoms. The monoisotopic (exact) mass is 312 g/mol. The molecule has 116 valence electrons. The van der Waals surface area contributed by atoms with E-state index in [4.69, 9.17) is 23.1 Å². The Morgan fingerprint density at radius 2 is 2.00 bits per heavy atom. The van der Waals surface area contributed by atoms with E-state index in [2.05, 4.69) is 5.32 Å². The molecule has 21 heavy (non-hydrogen) atoms. The van der Waals surface area contributed by atoms with Crippen molar-refractivity contribution in [2.75, 3.05) is 30.7 Å². The zero-order chi connectivity index (χ0) is 16.0. The number of hydrogen-bond acceptors (Lipinski definition) is 4. The van der Waals surface area contributed by atoms with Crippen LogP contribution in [0.3, 0.4) is 0 Å². The first kappa shape index (κ1) is 17.3. The highest BCUT2D eigenvalue weighted by Gasteiger charge is 2.15. The molecule has 0 atom stereocenters. The van der Waals surface area contributed by atoms with Gasteiger partial charge in [-0.15, -0.1) is 0 Å². The highest BCUT2D eigenvalue weighted by Crippen LogP contribution is 2.23. The third-order valence-electron chi connectivity index (χ3n) is 2.64. The Labute approximate surface area is 129 Å². The number of nitrogen functional groups attached to an aromatic ring is 1. The summed E-state index contributed by atoms with van der Waals surface area (Å²) in [6.45, 7) is 4.72. The molecular formula is C14H21ClN4O2. The van der Waals surface area contributed by atoms with Crippen LogP contribution < -0.4 is 16.8 Å². The molecule has 0 heterocycles. The van der Waals surface area contributed by atoms with Crippen molar-refractivity contribution in [3.63, 3.8) is 0 Å². The van der Waals surface area contributed by atoms with Gasteiger partial charge in [-0.1, -0.05) is 25.4 Å². The summed E-state index contributed by atoms with van der Waals surface area (Å²) in [5.74, 6) is -0.408. The minimum atomic E-state index is -0.464. The minimum absolute atomic E-state index is 0.0427. The Morgan fingerprint density at radius 3 is 2.52 bits per heavy atom. The van der Waals surface area contributed by atoms with Crippen molar-refractivity contribution in [3.05, 3.63) is 23.2 Å². The molecule has 0 saturated heterocycles. The summed E-state index contributed by atoms with van der Waals surface area (Å²) in [5, 5.41) is 3.06. The number of hydrogen-bond donors (Lipinski definition) is 3. The number of benzene rings is 1. The van der Waals surface area contributed by atoms with Crippen molar-refractivity contribution in [3.8, 4) is 0 Å². The fourth-order valence-corrected chi connectivity index (χ4v) is 2.18. The summed E-state index contributed by atoms with van der Waals surface area (Å²) in [5.41, 5.74) is 11.8.